The van der Waals surface area contributed by atoms with E-state index in [0.717, 1.165) is 16.4 Å². The molecule has 162 valence electrons. The summed E-state index contributed by atoms with van der Waals surface area (Å²) in [6, 6.07) is 12.9. The first-order chi connectivity index (χ1) is 14.6. The summed E-state index contributed by atoms with van der Waals surface area (Å²) < 4.78 is 72.2. The fourth-order valence-corrected chi connectivity index (χ4v) is 3.95. The minimum absolute atomic E-state index is 0.117. The van der Waals surface area contributed by atoms with Crippen molar-refractivity contribution in [3.05, 3.63) is 83.7 Å². The van der Waals surface area contributed by atoms with Gasteiger partial charge in [-0.25, -0.2) is 21.6 Å². The molecule has 0 unspecified atom stereocenters. The van der Waals surface area contributed by atoms with Crippen molar-refractivity contribution in [1.29, 1.82) is 0 Å². The zero-order valence-corrected chi connectivity index (χ0v) is 17.2. The van der Waals surface area contributed by atoms with Crippen LogP contribution in [0.3, 0.4) is 0 Å². The summed E-state index contributed by atoms with van der Waals surface area (Å²) in [7, 11) is -1.20. The van der Waals surface area contributed by atoms with Gasteiger partial charge in [-0.3, -0.25) is 9.10 Å². The lowest BCUT2D eigenvalue weighted by atomic mass is 10.2. The van der Waals surface area contributed by atoms with E-state index in [4.69, 9.17) is 4.74 Å². The van der Waals surface area contributed by atoms with E-state index in [2.05, 4.69) is 5.32 Å². The number of amides is 1. The van der Waals surface area contributed by atoms with Gasteiger partial charge in [0, 0.05) is 12.6 Å². The van der Waals surface area contributed by atoms with Crippen molar-refractivity contribution in [2.24, 2.45) is 0 Å². The van der Waals surface area contributed by atoms with Crippen LogP contribution in [0, 0.1) is 17.5 Å². The largest absolute Gasteiger partial charge is 0.497 e. The van der Waals surface area contributed by atoms with Gasteiger partial charge in [-0.2, -0.15) is 0 Å². The molecule has 0 aliphatic heterocycles. The number of carbonyl (C=O) groups excluding carboxylic acids is 1. The smallest absolute Gasteiger partial charge is 0.264 e. The van der Waals surface area contributed by atoms with Crippen LogP contribution in [0.25, 0.3) is 0 Å². The van der Waals surface area contributed by atoms with E-state index in [9.17, 15) is 26.4 Å². The first kappa shape index (κ1) is 22.2. The van der Waals surface area contributed by atoms with E-state index in [0.29, 0.717) is 17.5 Å². The predicted molar refractivity (Wildman–Crippen MR) is 109 cm³/mol. The van der Waals surface area contributed by atoms with Crippen molar-refractivity contribution in [1.82, 2.24) is 0 Å². The molecule has 31 heavy (non-hydrogen) atoms. The van der Waals surface area contributed by atoms with Crippen molar-refractivity contribution >= 4 is 27.3 Å². The number of methoxy groups -OCH3 is 1. The lowest BCUT2D eigenvalue weighted by Crippen LogP contribution is -2.26. The number of hydrogen-bond donors (Lipinski definition) is 1. The van der Waals surface area contributed by atoms with Crippen LogP contribution < -0.4 is 14.4 Å². The fraction of sp³-hybridized carbons (Fsp3) is 0.0952. The average molecular weight is 450 g/mol. The highest BCUT2D eigenvalue weighted by atomic mass is 32.2. The second-order valence-corrected chi connectivity index (χ2v) is 8.34. The Morgan fingerprint density at radius 1 is 0.968 bits per heavy atom. The minimum atomic E-state index is -4.03. The van der Waals surface area contributed by atoms with Gasteiger partial charge < -0.3 is 10.1 Å². The topological polar surface area (TPSA) is 75.7 Å². The average Bonchev–Trinajstić information content (AvgIpc) is 2.79. The number of anilines is 2. The molecule has 0 saturated heterocycles. The number of benzene rings is 3. The number of carbonyl (C=O) groups is 1. The normalized spacial score (nSPS) is 11.1. The molecule has 6 nitrogen and oxygen atoms in total. The molecule has 0 bridgehead atoms. The predicted octanol–water partition coefficient (Wildman–Crippen LogP) is 4.19. The third kappa shape index (κ3) is 4.48. The molecule has 0 aliphatic carbocycles. The second-order valence-electron chi connectivity index (χ2n) is 6.38. The molecule has 1 N–H and O–H groups in total. The standard InChI is InChI=1S/C21H17F3N2O4S/c1-26(14-6-8-15(30-2)9-7-14)31(28,29)16-5-3-4-13(12-16)21(27)25-18-11-10-17(22)19(23)20(18)24/h3-12H,1-2H3,(H,25,27). The molecule has 0 heterocycles. The van der Waals surface area contributed by atoms with Gasteiger partial charge >= 0.3 is 0 Å². The molecule has 3 aromatic carbocycles. The summed E-state index contributed by atoms with van der Waals surface area (Å²) in [5.74, 6) is -5.02. The maximum atomic E-state index is 13.8. The SMILES string of the molecule is COc1ccc(N(C)S(=O)(=O)c2cccc(C(=O)Nc3ccc(F)c(F)c3F)c2)cc1. The van der Waals surface area contributed by atoms with Crippen molar-refractivity contribution < 1.29 is 31.1 Å². The Morgan fingerprint density at radius 2 is 1.65 bits per heavy atom. The Bertz CT molecular complexity index is 1230. The lowest BCUT2D eigenvalue weighted by Gasteiger charge is -2.20. The van der Waals surface area contributed by atoms with E-state index < -0.39 is 39.1 Å². The van der Waals surface area contributed by atoms with Crippen LogP contribution in [-0.4, -0.2) is 28.5 Å². The highest BCUT2D eigenvalue weighted by Gasteiger charge is 2.23. The maximum Gasteiger partial charge on any atom is 0.264 e. The Balaban J connectivity index is 1.87. The van der Waals surface area contributed by atoms with Gasteiger partial charge in [0.25, 0.3) is 15.9 Å². The Hall–Kier alpha value is -3.53. The Labute approximate surface area is 176 Å². The summed E-state index contributed by atoms with van der Waals surface area (Å²) in [5.41, 5.74) is -0.333. The fourth-order valence-electron chi connectivity index (χ4n) is 2.70. The van der Waals surface area contributed by atoms with Gasteiger partial charge in [0.15, 0.2) is 17.5 Å². The van der Waals surface area contributed by atoms with Crippen LogP contribution in [0.1, 0.15) is 10.4 Å². The highest BCUT2D eigenvalue weighted by molar-refractivity contribution is 7.92. The van der Waals surface area contributed by atoms with Crippen LogP contribution in [0.15, 0.2) is 65.6 Å². The summed E-state index contributed by atoms with van der Waals surface area (Å²) in [6.45, 7) is 0. The molecule has 0 atom stereocenters. The number of hydrogen-bond acceptors (Lipinski definition) is 4. The van der Waals surface area contributed by atoms with E-state index in [-0.39, 0.29) is 10.5 Å². The third-order valence-electron chi connectivity index (χ3n) is 4.47. The van der Waals surface area contributed by atoms with Crippen molar-refractivity contribution in [2.45, 2.75) is 4.90 Å². The van der Waals surface area contributed by atoms with Gasteiger partial charge in [-0.05, 0) is 54.6 Å². The van der Waals surface area contributed by atoms with E-state index >= 15 is 0 Å². The van der Waals surface area contributed by atoms with Gasteiger partial charge in [0.2, 0.25) is 0 Å². The first-order valence-corrected chi connectivity index (χ1v) is 10.3. The Kier molecular flexibility index (Phi) is 6.21. The first-order valence-electron chi connectivity index (χ1n) is 8.83. The third-order valence-corrected chi connectivity index (χ3v) is 6.26. The lowest BCUT2D eigenvalue weighted by molar-refractivity contribution is 0.102. The molecule has 0 fully saturated rings. The summed E-state index contributed by atoms with van der Waals surface area (Å²) >= 11 is 0. The summed E-state index contributed by atoms with van der Waals surface area (Å²) in [5, 5.41) is 2.10. The van der Waals surface area contributed by atoms with Crippen LogP contribution >= 0.6 is 0 Å². The molecule has 3 aromatic rings. The van der Waals surface area contributed by atoms with Crippen molar-refractivity contribution in [3.63, 3.8) is 0 Å². The summed E-state index contributed by atoms with van der Waals surface area (Å²) in [4.78, 5) is 12.2. The number of rotatable bonds is 6. The Morgan fingerprint density at radius 3 is 2.29 bits per heavy atom. The van der Waals surface area contributed by atoms with Crippen LogP contribution in [0.2, 0.25) is 0 Å². The van der Waals surface area contributed by atoms with Gasteiger partial charge in [0.1, 0.15) is 5.75 Å². The van der Waals surface area contributed by atoms with Crippen LogP contribution in [-0.2, 0) is 10.0 Å². The van der Waals surface area contributed by atoms with Crippen molar-refractivity contribution in [2.75, 3.05) is 23.8 Å². The molecule has 0 aromatic heterocycles. The second kappa shape index (κ2) is 8.68. The van der Waals surface area contributed by atoms with Crippen LogP contribution in [0.4, 0.5) is 24.5 Å². The molecule has 1 amide bonds. The van der Waals surface area contributed by atoms with Gasteiger partial charge in [0.05, 0.1) is 23.4 Å². The quantitative estimate of drug-likeness (QED) is 0.572. The van der Waals surface area contributed by atoms with Crippen LogP contribution in [0.5, 0.6) is 5.75 Å². The molecule has 3 rings (SSSR count). The number of ether oxygens (including phenoxy) is 1. The highest BCUT2D eigenvalue weighted by Crippen LogP contribution is 2.25. The zero-order valence-electron chi connectivity index (χ0n) is 16.4. The minimum Gasteiger partial charge on any atom is -0.497 e. The molecule has 10 heteroatoms. The van der Waals surface area contributed by atoms with Gasteiger partial charge in [-0.15, -0.1) is 0 Å². The van der Waals surface area contributed by atoms with E-state index in [1.807, 2.05) is 0 Å². The zero-order chi connectivity index (χ0) is 22.8. The monoisotopic (exact) mass is 450 g/mol. The summed E-state index contributed by atoms with van der Waals surface area (Å²) in [6.07, 6.45) is 0. The maximum absolute atomic E-state index is 13.8. The number of nitrogens with zero attached hydrogens (tertiary/aromatic N) is 1. The number of halogens is 3. The number of nitrogens with one attached hydrogen (secondary N) is 1. The molecular weight excluding hydrogens is 433 g/mol. The molecule has 0 spiro atoms. The number of sulfonamides is 1. The molecule has 0 saturated carbocycles. The molecular formula is C21H17F3N2O4S. The van der Waals surface area contributed by atoms with Gasteiger partial charge in [-0.1, -0.05) is 6.07 Å². The molecule has 0 radical (unpaired) electrons. The molecule has 0 aliphatic rings. The van der Waals surface area contributed by atoms with E-state index in [1.54, 1.807) is 24.3 Å². The van der Waals surface area contributed by atoms with E-state index in [1.165, 1.54) is 32.4 Å². The van der Waals surface area contributed by atoms with Crippen molar-refractivity contribution in [3.8, 4) is 5.75 Å².